The number of nitro groups is 1. The Hall–Kier alpha value is -2.00. The highest BCUT2D eigenvalue weighted by Crippen LogP contribution is 2.22. The first kappa shape index (κ1) is 14.4. The predicted molar refractivity (Wildman–Crippen MR) is 72.8 cm³/mol. The first-order valence-corrected chi connectivity index (χ1v) is 6.95. The summed E-state index contributed by atoms with van der Waals surface area (Å²) >= 11 is 0.885. The lowest BCUT2D eigenvalue weighted by molar-refractivity contribution is -0.380. The zero-order chi connectivity index (χ0) is 14.5. The Morgan fingerprint density at radius 1 is 1.45 bits per heavy atom. The molecule has 0 saturated carbocycles. The van der Waals surface area contributed by atoms with Crippen molar-refractivity contribution in [2.24, 2.45) is 0 Å². The summed E-state index contributed by atoms with van der Waals surface area (Å²) in [4.78, 5) is 35.2. The van der Waals surface area contributed by atoms with Crippen molar-refractivity contribution in [3.63, 3.8) is 0 Å². The molecular formula is C11H14N4O4S. The SMILES string of the molecule is O=C(NCC(=O)N1CCNCC1)c1csc([N+](=O)[O-])c1. The fourth-order valence-corrected chi connectivity index (χ4v) is 2.53. The number of hydrogen-bond acceptors (Lipinski definition) is 6. The Bertz CT molecular complexity index is 524. The smallest absolute Gasteiger partial charge is 0.324 e. The maximum absolute atomic E-state index is 11.8. The maximum atomic E-state index is 11.8. The largest absolute Gasteiger partial charge is 0.343 e. The second-order valence-electron chi connectivity index (χ2n) is 4.24. The van der Waals surface area contributed by atoms with Crippen LogP contribution in [0.25, 0.3) is 0 Å². The van der Waals surface area contributed by atoms with Gasteiger partial charge in [0.15, 0.2) is 0 Å². The van der Waals surface area contributed by atoms with Crippen molar-refractivity contribution < 1.29 is 14.5 Å². The van der Waals surface area contributed by atoms with Gasteiger partial charge in [-0.3, -0.25) is 19.7 Å². The molecule has 1 aromatic rings. The van der Waals surface area contributed by atoms with Crippen LogP contribution >= 0.6 is 11.3 Å². The number of piperazine rings is 1. The van der Waals surface area contributed by atoms with Crippen molar-refractivity contribution in [2.45, 2.75) is 0 Å². The standard InChI is InChI=1S/C11H14N4O4S/c16-9(14-3-1-12-2-4-14)6-13-11(17)8-5-10(15(18)19)20-7-8/h5,7,12H,1-4,6H2,(H,13,17). The van der Waals surface area contributed by atoms with Gasteiger partial charge in [0.1, 0.15) is 0 Å². The van der Waals surface area contributed by atoms with E-state index in [4.69, 9.17) is 0 Å². The molecule has 0 aliphatic carbocycles. The molecule has 1 aromatic heterocycles. The highest BCUT2D eigenvalue weighted by Gasteiger charge is 2.18. The van der Waals surface area contributed by atoms with Crippen LogP contribution in [0.5, 0.6) is 0 Å². The van der Waals surface area contributed by atoms with Crippen molar-refractivity contribution in [2.75, 3.05) is 32.7 Å². The van der Waals surface area contributed by atoms with E-state index in [1.807, 2.05) is 0 Å². The molecule has 9 heteroatoms. The van der Waals surface area contributed by atoms with E-state index in [0.29, 0.717) is 13.1 Å². The number of thiophene rings is 1. The number of hydrogen-bond donors (Lipinski definition) is 2. The van der Waals surface area contributed by atoms with E-state index in [1.165, 1.54) is 11.4 Å². The summed E-state index contributed by atoms with van der Waals surface area (Å²) in [7, 11) is 0. The number of amides is 2. The van der Waals surface area contributed by atoms with Gasteiger partial charge in [-0.2, -0.15) is 0 Å². The van der Waals surface area contributed by atoms with Crippen molar-refractivity contribution in [1.29, 1.82) is 0 Å². The summed E-state index contributed by atoms with van der Waals surface area (Å²) in [6, 6.07) is 1.20. The van der Waals surface area contributed by atoms with Gasteiger partial charge in [-0.25, -0.2) is 0 Å². The highest BCUT2D eigenvalue weighted by molar-refractivity contribution is 7.13. The number of rotatable bonds is 4. The van der Waals surface area contributed by atoms with Crippen LogP contribution < -0.4 is 10.6 Å². The predicted octanol–water partition coefficient (Wildman–Crippen LogP) is -0.182. The van der Waals surface area contributed by atoms with Gasteiger partial charge < -0.3 is 15.5 Å². The number of nitrogens with one attached hydrogen (secondary N) is 2. The lowest BCUT2D eigenvalue weighted by atomic mass is 10.3. The van der Waals surface area contributed by atoms with E-state index in [0.717, 1.165) is 24.4 Å². The van der Waals surface area contributed by atoms with Crippen molar-refractivity contribution in [3.8, 4) is 0 Å². The molecule has 2 amide bonds. The minimum Gasteiger partial charge on any atom is -0.343 e. The molecule has 2 N–H and O–H groups in total. The minimum absolute atomic E-state index is 0.0939. The molecule has 2 heterocycles. The first-order chi connectivity index (χ1) is 9.58. The Labute approximate surface area is 118 Å². The van der Waals surface area contributed by atoms with Crippen LogP contribution in [0.4, 0.5) is 5.00 Å². The molecule has 1 saturated heterocycles. The number of carbonyl (C=O) groups excluding carboxylic acids is 2. The molecule has 1 aliphatic rings. The summed E-state index contributed by atoms with van der Waals surface area (Å²) in [5.74, 6) is -0.623. The Morgan fingerprint density at radius 3 is 2.75 bits per heavy atom. The first-order valence-electron chi connectivity index (χ1n) is 6.07. The van der Waals surface area contributed by atoms with Gasteiger partial charge >= 0.3 is 5.00 Å². The Morgan fingerprint density at radius 2 is 2.15 bits per heavy atom. The lowest BCUT2D eigenvalue weighted by Crippen LogP contribution is -2.49. The molecule has 0 atom stereocenters. The van der Waals surface area contributed by atoms with Gasteiger partial charge in [-0.1, -0.05) is 11.3 Å². The minimum atomic E-state index is -0.548. The van der Waals surface area contributed by atoms with Gasteiger partial charge in [0.2, 0.25) is 5.91 Å². The van der Waals surface area contributed by atoms with Crippen LogP contribution in [-0.2, 0) is 4.79 Å². The Kier molecular flexibility index (Phi) is 4.64. The summed E-state index contributed by atoms with van der Waals surface area (Å²) < 4.78 is 0. The van der Waals surface area contributed by atoms with Gasteiger partial charge in [0.25, 0.3) is 5.91 Å². The molecule has 0 radical (unpaired) electrons. The van der Waals surface area contributed by atoms with Crippen molar-refractivity contribution in [1.82, 2.24) is 15.5 Å². The van der Waals surface area contributed by atoms with Crippen LogP contribution in [0, 0.1) is 10.1 Å². The van der Waals surface area contributed by atoms with Crippen LogP contribution in [0.2, 0.25) is 0 Å². The summed E-state index contributed by atoms with van der Waals surface area (Å²) in [5, 5.41) is 17.5. The molecule has 2 rings (SSSR count). The lowest BCUT2D eigenvalue weighted by Gasteiger charge is -2.27. The quantitative estimate of drug-likeness (QED) is 0.592. The molecule has 108 valence electrons. The summed E-state index contributed by atoms with van der Waals surface area (Å²) in [6.07, 6.45) is 0. The molecule has 8 nitrogen and oxygen atoms in total. The fraction of sp³-hybridized carbons (Fsp3) is 0.455. The zero-order valence-electron chi connectivity index (χ0n) is 10.6. The molecule has 20 heavy (non-hydrogen) atoms. The molecule has 0 unspecified atom stereocenters. The average molecular weight is 298 g/mol. The summed E-state index contributed by atoms with van der Waals surface area (Å²) in [5.41, 5.74) is 0.204. The molecule has 1 fully saturated rings. The summed E-state index contributed by atoms with van der Waals surface area (Å²) in [6.45, 7) is 2.65. The van der Waals surface area contributed by atoms with E-state index in [2.05, 4.69) is 10.6 Å². The highest BCUT2D eigenvalue weighted by atomic mass is 32.1. The van der Waals surface area contributed by atoms with Crippen molar-refractivity contribution >= 4 is 28.2 Å². The Balaban J connectivity index is 1.84. The van der Waals surface area contributed by atoms with E-state index >= 15 is 0 Å². The van der Waals surface area contributed by atoms with Gasteiger partial charge in [-0.15, -0.1) is 0 Å². The van der Waals surface area contributed by atoms with E-state index < -0.39 is 10.8 Å². The fourth-order valence-electron chi connectivity index (χ4n) is 1.82. The topological polar surface area (TPSA) is 105 Å². The van der Waals surface area contributed by atoms with Gasteiger partial charge in [0.05, 0.1) is 17.0 Å². The third-order valence-corrected chi connectivity index (χ3v) is 3.78. The van der Waals surface area contributed by atoms with E-state index in [9.17, 15) is 19.7 Å². The number of nitrogens with zero attached hydrogens (tertiary/aromatic N) is 2. The second kappa shape index (κ2) is 6.44. The molecular weight excluding hydrogens is 284 g/mol. The monoisotopic (exact) mass is 298 g/mol. The molecule has 0 spiro atoms. The maximum Gasteiger partial charge on any atom is 0.324 e. The second-order valence-corrected chi connectivity index (χ2v) is 5.13. The molecule has 1 aliphatic heterocycles. The van der Waals surface area contributed by atoms with Crippen LogP contribution in [0.3, 0.4) is 0 Å². The number of carbonyl (C=O) groups is 2. The van der Waals surface area contributed by atoms with Crippen LogP contribution in [0.1, 0.15) is 10.4 Å². The normalized spacial score (nSPS) is 14.9. The van der Waals surface area contributed by atoms with Crippen LogP contribution in [-0.4, -0.2) is 54.4 Å². The third-order valence-electron chi connectivity index (χ3n) is 2.90. The molecule has 0 aromatic carbocycles. The van der Waals surface area contributed by atoms with E-state index in [-0.39, 0.29) is 23.0 Å². The van der Waals surface area contributed by atoms with Gasteiger partial charge in [-0.05, 0) is 0 Å². The van der Waals surface area contributed by atoms with Crippen LogP contribution in [0.15, 0.2) is 11.4 Å². The third kappa shape index (κ3) is 3.52. The zero-order valence-corrected chi connectivity index (χ0v) is 11.4. The van der Waals surface area contributed by atoms with Crippen molar-refractivity contribution in [3.05, 3.63) is 27.1 Å². The van der Waals surface area contributed by atoms with E-state index in [1.54, 1.807) is 4.90 Å². The van der Waals surface area contributed by atoms with Gasteiger partial charge in [0, 0.05) is 37.6 Å². The average Bonchev–Trinajstić information content (AvgIpc) is 2.95. The molecule has 0 bridgehead atoms.